The molecule has 6 heteroatoms. The van der Waals surface area contributed by atoms with Crippen LogP contribution in [0.1, 0.15) is 51.6 Å². The molecule has 6 nitrogen and oxygen atoms in total. The number of ketones is 1. The summed E-state index contributed by atoms with van der Waals surface area (Å²) >= 11 is 0. The molecule has 0 bridgehead atoms. The van der Waals surface area contributed by atoms with Crippen LogP contribution in [0, 0.1) is 19.8 Å². The van der Waals surface area contributed by atoms with Crippen molar-refractivity contribution >= 4 is 23.3 Å². The van der Waals surface area contributed by atoms with Crippen molar-refractivity contribution in [3.8, 4) is 0 Å². The largest absolute Gasteiger partial charge is 0.368 e. The highest BCUT2D eigenvalue weighted by atomic mass is 16.2. The predicted octanol–water partition coefficient (Wildman–Crippen LogP) is 3.71. The number of nitrogens with zero attached hydrogens (tertiary/aromatic N) is 3. The van der Waals surface area contributed by atoms with Gasteiger partial charge in [0.25, 0.3) is 5.91 Å². The van der Waals surface area contributed by atoms with E-state index in [9.17, 15) is 14.4 Å². The first-order chi connectivity index (χ1) is 15.8. The molecule has 4 rings (SSSR count). The molecule has 1 unspecified atom stereocenters. The number of hydrogen-bond donors (Lipinski definition) is 0. The molecule has 2 aliphatic heterocycles. The second kappa shape index (κ2) is 9.77. The quantitative estimate of drug-likeness (QED) is 0.671. The van der Waals surface area contributed by atoms with Crippen LogP contribution in [0.4, 0.5) is 5.69 Å². The molecule has 0 spiro atoms. The number of benzene rings is 2. The van der Waals surface area contributed by atoms with Crippen LogP contribution in [0.5, 0.6) is 0 Å². The number of anilines is 1. The number of amides is 2. The number of piperazine rings is 1. The molecule has 1 atom stereocenters. The van der Waals surface area contributed by atoms with E-state index in [1.807, 2.05) is 60.0 Å². The third-order valence-corrected chi connectivity index (χ3v) is 6.76. The summed E-state index contributed by atoms with van der Waals surface area (Å²) in [7, 11) is 0. The highest BCUT2D eigenvalue weighted by Crippen LogP contribution is 2.23. The van der Waals surface area contributed by atoms with E-state index in [0.29, 0.717) is 37.3 Å². The number of hydrogen-bond acceptors (Lipinski definition) is 4. The fourth-order valence-electron chi connectivity index (χ4n) is 4.99. The van der Waals surface area contributed by atoms with Gasteiger partial charge in [-0.2, -0.15) is 0 Å². The molecule has 2 aromatic rings. The summed E-state index contributed by atoms with van der Waals surface area (Å²) in [5.41, 5.74) is 4.67. The number of Topliss-reactive ketones (excluding diaryl/α,β-unsaturated/α-hetero) is 1. The smallest absolute Gasteiger partial charge is 0.253 e. The van der Waals surface area contributed by atoms with E-state index in [0.717, 1.165) is 42.7 Å². The van der Waals surface area contributed by atoms with E-state index in [2.05, 4.69) is 11.0 Å². The number of likely N-dealkylation sites (tertiary alicyclic amines) is 1. The second-order valence-corrected chi connectivity index (χ2v) is 9.38. The van der Waals surface area contributed by atoms with E-state index in [1.165, 1.54) is 0 Å². The van der Waals surface area contributed by atoms with Gasteiger partial charge in [0, 0.05) is 56.1 Å². The Bertz CT molecular complexity index is 1020. The average Bonchev–Trinajstić information content (AvgIpc) is 2.83. The minimum Gasteiger partial charge on any atom is -0.368 e. The van der Waals surface area contributed by atoms with E-state index in [-0.39, 0.29) is 23.5 Å². The summed E-state index contributed by atoms with van der Waals surface area (Å²) < 4.78 is 0. The maximum Gasteiger partial charge on any atom is 0.253 e. The summed E-state index contributed by atoms with van der Waals surface area (Å²) in [4.78, 5) is 43.9. The molecule has 2 aromatic carbocycles. The van der Waals surface area contributed by atoms with Gasteiger partial charge in [0.2, 0.25) is 5.91 Å². The van der Waals surface area contributed by atoms with Gasteiger partial charge in [-0.25, -0.2) is 0 Å². The van der Waals surface area contributed by atoms with Gasteiger partial charge in [0.1, 0.15) is 0 Å². The van der Waals surface area contributed by atoms with Crippen LogP contribution in [0.3, 0.4) is 0 Å². The first kappa shape index (κ1) is 23.0. The minimum atomic E-state index is -0.130. The van der Waals surface area contributed by atoms with E-state index < -0.39 is 0 Å². The summed E-state index contributed by atoms with van der Waals surface area (Å²) in [5, 5.41) is 0. The third-order valence-electron chi connectivity index (χ3n) is 6.76. The van der Waals surface area contributed by atoms with Crippen molar-refractivity contribution in [2.45, 2.75) is 33.6 Å². The second-order valence-electron chi connectivity index (χ2n) is 9.38. The van der Waals surface area contributed by atoms with Gasteiger partial charge < -0.3 is 14.7 Å². The molecule has 0 saturated carbocycles. The van der Waals surface area contributed by atoms with Crippen LogP contribution >= 0.6 is 0 Å². The Kier molecular flexibility index (Phi) is 6.82. The van der Waals surface area contributed by atoms with Crippen molar-refractivity contribution in [3.05, 3.63) is 64.7 Å². The zero-order valence-corrected chi connectivity index (χ0v) is 19.8. The normalized spacial score (nSPS) is 18.9. The molecule has 2 fully saturated rings. The van der Waals surface area contributed by atoms with Crippen LogP contribution in [0.25, 0.3) is 0 Å². The Hall–Kier alpha value is -3.15. The van der Waals surface area contributed by atoms with E-state index in [4.69, 9.17) is 0 Å². The molecule has 2 aliphatic rings. The molecule has 2 amide bonds. The molecular weight excluding hydrogens is 414 g/mol. The van der Waals surface area contributed by atoms with Crippen LogP contribution in [-0.4, -0.2) is 66.7 Å². The molecule has 0 N–H and O–H groups in total. The summed E-state index contributed by atoms with van der Waals surface area (Å²) in [6.07, 6.45) is 1.69. The molecule has 0 radical (unpaired) electrons. The monoisotopic (exact) mass is 447 g/mol. The predicted molar refractivity (Wildman–Crippen MR) is 130 cm³/mol. The fraction of sp³-hybridized carbons (Fsp3) is 0.444. The van der Waals surface area contributed by atoms with Gasteiger partial charge >= 0.3 is 0 Å². The van der Waals surface area contributed by atoms with Gasteiger partial charge in [0.05, 0.1) is 5.92 Å². The first-order valence-corrected chi connectivity index (χ1v) is 11.8. The number of carbonyl (C=O) groups is 3. The Morgan fingerprint density at radius 3 is 2.03 bits per heavy atom. The summed E-state index contributed by atoms with van der Waals surface area (Å²) in [5.74, 6) is 0.127. The fourth-order valence-corrected chi connectivity index (χ4v) is 4.99. The average molecular weight is 448 g/mol. The van der Waals surface area contributed by atoms with Crippen molar-refractivity contribution in [3.63, 3.8) is 0 Å². The summed E-state index contributed by atoms with van der Waals surface area (Å²) in [6.45, 7) is 9.67. The van der Waals surface area contributed by atoms with E-state index in [1.54, 1.807) is 6.92 Å². The van der Waals surface area contributed by atoms with E-state index >= 15 is 0 Å². The van der Waals surface area contributed by atoms with Crippen molar-refractivity contribution < 1.29 is 14.4 Å². The lowest BCUT2D eigenvalue weighted by Crippen LogP contribution is -2.53. The molecule has 174 valence electrons. The molecule has 0 aromatic heterocycles. The van der Waals surface area contributed by atoms with Gasteiger partial charge in [-0.1, -0.05) is 17.2 Å². The zero-order valence-electron chi connectivity index (χ0n) is 19.8. The van der Waals surface area contributed by atoms with Crippen molar-refractivity contribution in [1.82, 2.24) is 9.80 Å². The highest BCUT2D eigenvalue weighted by Gasteiger charge is 2.33. The lowest BCUT2D eigenvalue weighted by atomic mass is 9.95. The Labute approximate surface area is 196 Å². The standard InChI is InChI=1S/C27H33N3O3/c1-19-15-20(2)17-24(16-19)27(33)30-10-4-5-23(18-30)26(32)29-13-11-28(12-14-29)25-8-6-22(7-9-25)21(3)31/h6-9,15-17,23H,4-5,10-14,18H2,1-3H3. The lowest BCUT2D eigenvalue weighted by Gasteiger charge is -2.39. The van der Waals surface area contributed by atoms with Crippen molar-refractivity contribution in [2.75, 3.05) is 44.2 Å². The number of carbonyl (C=O) groups excluding carboxylic acids is 3. The Morgan fingerprint density at radius 2 is 1.42 bits per heavy atom. The van der Waals surface area contributed by atoms with Crippen LogP contribution in [0.15, 0.2) is 42.5 Å². The van der Waals surface area contributed by atoms with Crippen LogP contribution < -0.4 is 4.90 Å². The Balaban J connectivity index is 1.34. The highest BCUT2D eigenvalue weighted by molar-refractivity contribution is 5.95. The minimum absolute atomic E-state index is 0.0260. The van der Waals surface area contributed by atoms with Crippen LogP contribution in [-0.2, 0) is 4.79 Å². The maximum atomic E-state index is 13.3. The summed E-state index contributed by atoms with van der Waals surface area (Å²) in [6, 6.07) is 13.6. The molecule has 0 aliphatic carbocycles. The SMILES string of the molecule is CC(=O)c1ccc(N2CCN(C(=O)C3CCCN(C(=O)c4cc(C)cc(C)c4)C3)CC2)cc1. The molecule has 33 heavy (non-hydrogen) atoms. The maximum absolute atomic E-state index is 13.3. The van der Waals surface area contributed by atoms with Crippen LogP contribution in [0.2, 0.25) is 0 Å². The number of rotatable bonds is 4. The zero-order chi connectivity index (χ0) is 23.5. The third kappa shape index (κ3) is 5.27. The lowest BCUT2D eigenvalue weighted by molar-refractivity contribution is -0.137. The molecule has 2 heterocycles. The molecular formula is C27H33N3O3. The topological polar surface area (TPSA) is 60.9 Å². The number of piperidine rings is 1. The molecule has 2 saturated heterocycles. The van der Waals surface area contributed by atoms with Gasteiger partial charge in [-0.3, -0.25) is 14.4 Å². The van der Waals surface area contributed by atoms with Gasteiger partial charge in [0.15, 0.2) is 5.78 Å². The van der Waals surface area contributed by atoms with Gasteiger partial charge in [-0.15, -0.1) is 0 Å². The van der Waals surface area contributed by atoms with Crippen molar-refractivity contribution in [1.29, 1.82) is 0 Å². The Morgan fingerprint density at radius 1 is 0.788 bits per heavy atom. The van der Waals surface area contributed by atoms with Gasteiger partial charge in [-0.05, 0) is 70.0 Å². The number of aryl methyl sites for hydroxylation is 2. The van der Waals surface area contributed by atoms with Crippen molar-refractivity contribution in [2.24, 2.45) is 5.92 Å². The first-order valence-electron chi connectivity index (χ1n) is 11.8.